The fraction of sp³-hybridized carbons (Fsp3) is 0.750. The Balaban J connectivity index is 1.86. The normalized spacial score (nSPS) is 21.6. The fourth-order valence-electron chi connectivity index (χ4n) is 1.94. The molecule has 0 N–H and O–H groups in total. The quantitative estimate of drug-likeness (QED) is 0.788. The van der Waals surface area contributed by atoms with Crippen LogP contribution in [0.1, 0.15) is 45.0 Å². The van der Waals surface area contributed by atoms with Crippen molar-refractivity contribution in [3.05, 3.63) is 18.2 Å². The molecule has 2 rings (SSSR count). The summed E-state index contributed by atoms with van der Waals surface area (Å²) < 4.78 is 13.4. The van der Waals surface area contributed by atoms with Gasteiger partial charge in [-0.15, -0.1) is 0 Å². The van der Waals surface area contributed by atoms with Gasteiger partial charge in [-0.3, -0.25) is 0 Å². The summed E-state index contributed by atoms with van der Waals surface area (Å²) in [5.41, 5.74) is 0. The second-order valence-corrected chi connectivity index (χ2v) is 4.45. The van der Waals surface area contributed by atoms with Gasteiger partial charge in [0.15, 0.2) is 6.29 Å². The van der Waals surface area contributed by atoms with Gasteiger partial charge in [0, 0.05) is 25.0 Å². The number of hydrogen-bond acceptors (Lipinski definition) is 3. The van der Waals surface area contributed by atoms with Crippen LogP contribution in [0.2, 0.25) is 0 Å². The second kappa shape index (κ2) is 5.46. The lowest BCUT2D eigenvalue weighted by Gasteiger charge is -2.23. The van der Waals surface area contributed by atoms with E-state index in [4.69, 9.17) is 9.47 Å². The molecule has 0 spiro atoms. The summed E-state index contributed by atoms with van der Waals surface area (Å²) in [7, 11) is 0. The molecule has 1 aliphatic rings. The Hall–Kier alpha value is -0.870. The van der Waals surface area contributed by atoms with Gasteiger partial charge in [-0.05, 0) is 33.1 Å². The molecule has 0 aliphatic carbocycles. The number of rotatable bonds is 4. The van der Waals surface area contributed by atoms with Crippen LogP contribution in [0.3, 0.4) is 0 Å². The SMILES string of the molecule is CC(C)n1ccnc1COC1CCCCO1. The van der Waals surface area contributed by atoms with Gasteiger partial charge in [-0.1, -0.05) is 0 Å². The minimum Gasteiger partial charge on any atom is -0.353 e. The van der Waals surface area contributed by atoms with Gasteiger partial charge >= 0.3 is 0 Å². The minimum absolute atomic E-state index is 0.0361. The Morgan fingerprint density at radius 3 is 3.12 bits per heavy atom. The Kier molecular flexibility index (Phi) is 3.96. The van der Waals surface area contributed by atoms with E-state index in [1.807, 2.05) is 12.4 Å². The average Bonchev–Trinajstić information content (AvgIpc) is 2.76. The lowest BCUT2D eigenvalue weighted by Crippen LogP contribution is -2.23. The molecule has 16 heavy (non-hydrogen) atoms. The maximum atomic E-state index is 5.71. The van der Waals surface area contributed by atoms with Gasteiger partial charge in [0.05, 0.1) is 0 Å². The van der Waals surface area contributed by atoms with Gasteiger partial charge in [-0.2, -0.15) is 0 Å². The molecular formula is C12H20N2O2. The monoisotopic (exact) mass is 224 g/mol. The van der Waals surface area contributed by atoms with Crippen molar-refractivity contribution in [1.29, 1.82) is 0 Å². The summed E-state index contributed by atoms with van der Waals surface area (Å²) in [4.78, 5) is 4.30. The average molecular weight is 224 g/mol. The van der Waals surface area contributed by atoms with E-state index in [9.17, 15) is 0 Å². The lowest BCUT2D eigenvalue weighted by atomic mass is 10.2. The molecule has 1 unspecified atom stereocenters. The van der Waals surface area contributed by atoms with Crippen LogP contribution in [0.15, 0.2) is 12.4 Å². The zero-order valence-electron chi connectivity index (χ0n) is 10.1. The summed E-state index contributed by atoms with van der Waals surface area (Å²) in [6, 6.07) is 0.424. The van der Waals surface area contributed by atoms with Crippen molar-refractivity contribution in [2.75, 3.05) is 6.61 Å². The highest BCUT2D eigenvalue weighted by molar-refractivity contribution is 4.92. The summed E-state index contributed by atoms with van der Waals surface area (Å²) in [5, 5.41) is 0. The van der Waals surface area contributed by atoms with Crippen molar-refractivity contribution in [1.82, 2.24) is 9.55 Å². The van der Waals surface area contributed by atoms with E-state index in [1.54, 1.807) is 0 Å². The Morgan fingerprint density at radius 2 is 2.44 bits per heavy atom. The van der Waals surface area contributed by atoms with Crippen LogP contribution in [-0.2, 0) is 16.1 Å². The fourth-order valence-corrected chi connectivity index (χ4v) is 1.94. The van der Waals surface area contributed by atoms with E-state index < -0.39 is 0 Å². The number of imidazole rings is 1. The standard InChI is InChI=1S/C12H20N2O2/c1-10(2)14-7-6-13-11(14)9-16-12-5-3-4-8-15-12/h6-7,10,12H,3-5,8-9H2,1-2H3. The molecule has 0 amide bonds. The van der Waals surface area contributed by atoms with Gasteiger partial charge in [0.2, 0.25) is 0 Å². The molecule has 1 aromatic heterocycles. The van der Waals surface area contributed by atoms with Crippen molar-refractivity contribution in [2.45, 2.75) is 52.0 Å². The Bertz CT molecular complexity index is 317. The van der Waals surface area contributed by atoms with Crippen molar-refractivity contribution >= 4 is 0 Å². The van der Waals surface area contributed by atoms with Crippen molar-refractivity contribution in [3.8, 4) is 0 Å². The zero-order valence-corrected chi connectivity index (χ0v) is 10.1. The Labute approximate surface area is 96.6 Å². The zero-order chi connectivity index (χ0) is 11.4. The summed E-state index contributed by atoms with van der Waals surface area (Å²) in [6.07, 6.45) is 7.13. The van der Waals surface area contributed by atoms with Gasteiger partial charge in [0.25, 0.3) is 0 Å². The molecule has 1 saturated heterocycles. The second-order valence-electron chi connectivity index (χ2n) is 4.45. The first-order valence-corrected chi connectivity index (χ1v) is 6.02. The van der Waals surface area contributed by atoms with Crippen LogP contribution < -0.4 is 0 Å². The summed E-state index contributed by atoms with van der Waals surface area (Å²) in [5.74, 6) is 0.976. The third-order valence-corrected chi connectivity index (χ3v) is 2.84. The van der Waals surface area contributed by atoms with E-state index in [0.29, 0.717) is 12.6 Å². The molecule has 1 fully saturated rings. The number of hydrogen-bond donors (Lipinski definition) is 0. The number of ether oxygens (including phenoxy) is 2. The van der Waals surface area contributed by atoms with E-state index in [0.717, 1.165) is 25.3 Å². The van der Waals surface area contributed by atoms with Crippen molar-refractivity contribution in [3.63, 3.8) is 0 Å². The molecule has 0 bridgehead atoms. The molecule has 2 heterocycles. The van der Waals surface area contributed by atoms with Gasteiger partial charge in [-0.25, -0.2) is 4.98 Å². The van der Waals surface area contributed by atoms with Crippen LogP contribution in [0, 0.1) is 0 Å². The largest absolute Gasteiger partial charge is 0.353 e. The molecule has 1 aliphatic heterocycles. The van der Waals surface area contributed by atoms with Crippen molar-refractivity contribution < 1.29 is 9.47 Å². The van der Waals surface area contributed by atoms with E-state index >= 15 is 0 Å². The van der Waals surface area contributed by atoms with Crippen LogP contribution in [0.4, 0.5) is 0 Å². The maximum absolute atomic E-state index is 5.71. The predicted molar refractivity (Wildman–Crippen MR) is 61.0 cm³/mol. The van der Waals surface area contributed by atoms with Gasteiger partial charge in [0.1, 0.15) is 12.4 Å². The highest BCUT2D eigenvalue weighted by Crippen LogP contribution is 2.16. The van der Waals surface area contributed by atoms with E-state index in [2.05, 4.69) is 23.4 Å². The maximum Gasteiger partial charge on any atom is 0.158 e. The minimum atomic E-state index is -0.0361. The predicted octanol–water partition coefficient (Wildman–Crippen LogP) is 2.51. The third kappa shape index (κ3) is 2.83. The molecular weight excluding hydrogens is 204 g/mol. The highest BCUT2D eigenvalue weighted by Gasteiger charge is 2.15. The van der Waals surface area contributed by atoms with E-state index in [-0.39, 0.29) is 6.29 Å². The van der Waals surface area contributed by atoms with Crippen molar-refractivity contribution in [2.24, 2.45) is 0 Å². The number of aromatic nitrogens is 2. The van der Waals surface area contributed by atoms with Crippen LogP contribution in [0.5, 0.6) is 0 Å². The lowest BCUT2D eigenvalue weighted by molar-refractivity contribution is -0.170. The highest BCUT2D eigenvalue weighted by atomic mass is 16.7. The molecule has 0 saturated carbocycles. The van der Waals surface area contributed by atoms with Gasteiger partial charge < -0.3 is 14.0 Å². The Morgan fingerprint density at radius 1 is 1.56 bits per heavy atom. The first-order valence-electron chi connectivity index (χ1n) is 6.02. The third-order valence-electron chi connectivity index (χ3n) is 2.84. The topological polar surface area (TPSA) is 36.3 Å². The molecule has 0 radical (unpaired) electrons. The summed E-state index contributed by atoms with van der Waals surface area (Å²) >= 11 is 0. The molecule has 1 atom stereocenters. The molecule has 1 aromatic rings. The smallest absolute Gasteiger partial charge is 0.158 e. The molecule has 0 aromatic carbocycles. The first kappa shape index (κ1) is 11.6. The molecule has 4 nitrogen and oxygen atoms in total. The van der Waals surface area contributed by atoms with Crippen LogP contribution in [-0.4, -0.2) is 22.4 Å². The van der Waals surface area contributed by atoms with E-state index in [1.165, 1.54) is 6.42 Å². The molecule has 4 heteroatoms. The van der Waals surface area contributed by atoms with Crippen LogP contribution >= 0.6 is 0 Å². The van der Waals surface area contributed by atoms with Crippen LogP contribution in [0.25, 0.3) is 0 Å². The molecule has 90 valence electrons. The summed E-state index contributed by atoms with van der Waals surface area (Å²) in [6.45, 7) is 5.64. The first-order chi connectivity index (χ1) is 7.77. The number of nitrogens with zero attached hydrogens (tertiary/aromatic N) is 2.